The zero-order valence-corrected chi connectivity index (χ0v) is 17.5. The van der Waals surface area contributed by atoms with Gasteiger partial charge >= 0.3 is 6.01 Å². The van der Waals surface area contributed by atoms with E-state index >= 15 is 0 Å². The summed E-state index contributed by atoms with van der Waals surface area (Å²) in [5.41, 5.74) is 0.960. The summed E-state index contributed by atoms with van der Waals surface area (Å²) in [6.45, 7) is 2.43. The molecule has 2 N–H and O–H groups in total. The van der Waals surface area contributed by atoms with Gasteiger partial charge in [-0.2, -0.15) is 9.97 Å². The number of hydrogen-bond donors (Lipinski definition) is 2. The molecule has 1 heterocycles. The minimum Gasteiger partial charge on any atom is -0.507 e. The molecule has 0 aliphatic heterocycles. The SMILES string of the molecule is CCCOc1nc(-c2c(O)cccc2O)nc(-c2cc3ccccc3c3ccccc23)n1. The van der Waals surface area contributed by atoms with Gasteiger partial charge in [-0.1, -0.05) is 61.5 Å². The van der Waals surface area contributed by atoms with Gasteiger partial charge in [-0.25, -0.2) is 4.98 Å². The van der Waals surface area contributed by atoms with Gasteiger partial charge in [0.05, 0.1) is 6.61 Å². The molecular formula is C26H21N3O3. The number of hydrogen-bond acceptors (Lipinski definition) is 6. The van der Waals surface area contributed by atoms with E-state index in [1.165, 1.54) is 12.1 Å². The summed E-state index contributed by atoms with van der Waals surface area (Å²) in [6.07, 6.45) is 0.789. The normalized spacial score (nSPS) is 11.2. The van der Waals surface area contributed by atoms with Crippen LogP contribution in [0.1, 0.15) is 13.3 Å². The lowest BCUT2D eigenvalue weighted by atomic mass is 9.97. The average Bonchev–Trinajstić information content (AvgIpc) is 2.82. The quantitative estimate of drug-likeness (QED) is 0.352. The first-order chi connectivity index (χ1) is 15.7. The Kier molecular flexibility index (Phi) is 5.03. The minimum absolute atomic E-state index is 0.119. The van der Waals surface area contributed by atoms with Gasteiger partial charge in [0.15, 0.2) is 11.6 Å². The van der Waals surface area contributed by atoms with Crippen LogP contribution >= 0.6 is 0 Å². The molecule has 0 bridgehead atoms. The first kappa shape index (κ1) is 19.8. The molecule has 0 unspecified atom stereocenters. The van der Waals surface area contributed by atoms with Gasteiger partial charge in [0.25, 0.3) is 0 Å². The summed E-state index contributed by atoms with van der Waals surface area (Å²) in [4.78, 5) is 13.6. The van der Waals surface area contributed by atoms with Crippen LogP contribution < -0.4 is 4.74 Å². The van der Waals surface area contributed by atoms with Crippen LogP contribution in [0, 0.1) is 0 Å². The summed E-state index contributed by atoms with van der Waals surface area (Å²) in [5, 5.41) is 25.0. The molecule has 0 fully saturated rings. The first-order valence-electron chi connectivity index (χ1n) is 10.5. The van der Waals surface area contributed by atoms with Gasteiger partial charge < -0.3 is 14.9 Å². The second-order valence-electron chi connectivity index (χ2n) is 7.48. The predicted octanol–water partition coefficient (Wildman–Crippen LogP) is 5.71. The fourth-order valence-electron chi connectivity index (χ4n) is 3.84. The van der Waals surface area contributed by atoms with Crippen molar-refractivity contribution in [3.63, 3.8) is 0 Å². The van der Waals surface area contributed by atoms with E-state index in [2.05, 4.69) is 33.2 Å². The van der Waals surface area contributed by atoms with Crippen molar-refractivity contribution in [1.82, 2.24) is 15.0 Å². The van der Waals surface area contributed by atoms with Gasteiger partial charge in [-0.3, -0.25) is 0 Å². The molecule has 0 aliphatic rings. The third-order valence-corrected chi connectivity index (χ3v) is 5.30. The van der Waals surface area contributed by atoms with Crippen LogP contribution in [0.25, 0.3) is 44.3 Å². The Bertz CT molecular complexity index is 1430. The second kappa shape index (κ2) is 8.15. The Labute approximate surface area is 184 Å². The van der Waals surface area contributed by atoms with Crippen molar-refractivity contribution >= 4 is 21.5 Å². The molecule has 0 saturated carbocycles. The molecule has 0 radical (unpaired) electrons. The maximum Gasteiger partial charge on any atom is 0.320 e. The van der Waals surface area contributed by atoms with Crippen molar-refractivity contribution in [1.29, 1.82) is 0 Å². The van der Waals surface area contributed by atoms with Crippen LogP contribution in [0.4, 0.5) is 0 Å². The van der Waals surface area contributed by atoms with E-state index in [0.717, 1.165) is 33.5 Å². The van der Waals surface area contributed by atoms with Crippen molar-refractivity contribution in [3.05, 3.63) is 72.8 Å². The highest BCUT2D eigenvalue weighted by atomic mass is 16.5. The lowest BCUT2D eigenvalue weighted by Crippen LogP contribution is -2.05. The molecule has 6 heteroatoms. The van der Waals surface area contributed by atoms with Crippen LogP contribution in [-0.2, 0) is 0 Å². The third kappa shape index (κ3) is 3.46. The Morgan fingerprint density at radius 2 is 1.38 bits per heavy atom. The monoisotopic (exact) mass is 423 g/mol. The highest BCUT2D eigenvalue weighted by Gasteiger charge is 2.19. The Morgan fingerprint density at radius 3 is 2.12 bits per heavy atom. The van der Waals surface area contributed by atoms with Crippen molar-refractivity contribution in [3.8, 4) is 40.3 Å². The lowest BCUT2D eigenvalue weighted by molar-refractivity contribution is 0.292. The van der Waals surface area contributed by atoms with E-state index in [1.807, 2.05) is 43.3 Å². The summed E-state index contributed by atoms with van der Waals surface area (Å²) in [7, 11) is 0. The lowest BCUT2D eigenvalue weighted by Gasteiger charge is -2.13. The molecule has 0 spiro atoms. The van der Waals surface area contributed by atoms with Crippen LogP contribution in [0.15, 0.2) is 72.8 Å². The fraction of sp³-hybridized carbons (Fsp3) is 0.115. The van der Waals surface area contributed by atoms with Crippen LogP contribution in [-0.4, -0.2) is 31.8 Å². The molecule has 0 saturated heterocycles. The van der Waals surface area contributed by atoms with Crippen LogP contribution in [0.5, 0.6) is 17.5 Å². The van der Waals surface area contributed by atoms with Gasteiger partial charge in [0.2, 0.25) is 0 Å². The molecule has 5 aromatic rings. The number of phenolic OH excluding ortho intramolecular Hbond substituents is 2. The van der Waals surface area contributed by atoms with Gasteiger partial charge in [-0.05, 0) is 46.2 Å². The molecular weight excluding hydrogens is 402 g/mol. The molecule has 0 amide bonds. The number of aromatic nitrogens is 3. The largest absolute Gasteiger partial charge is 0.507 e. The topological polar surface area (TPSA) is 88.4 Å². The Hall–Kier alpha value is -4.19. The van der Waals surface area contributed by atoms with Gasteiger partial charge in [0.1, 0.15) is 17.1 Å². The molecule has 0 atom stereocenters. The summed E-state index contributed by atoms with van der Waals surface area (Å²) in [6, 6.07) is 23.0. The van der Waals surface area contributed by atoms with Gasteiger partial charge in [0, 0.05) is 5.56 Å². The van der Waals surface area contributed by atoms with Crippen LogP contribution in [0.3, 0.4) is 0 Å². The zero-order valence-electron chi connectivity index (χ0n) is 17.5. The van der Waals surface area contributed by atoms with Crippen molar-refractivity contribution < 1.29 is 14.9 Å². The number of aromatic hydroxyl groups is 2. The van der Waals surface area contributed by atoms with Crippen LogP contribution in [0.2, 0.25) is 0 Å². The second-order valence-corrected chi connectivity index (χ2v) is 7.48. The fourth-order valence-corrected chi connectivity index (χ4v) is 3.84. The maximum atomic E-state index is 10.4. The number of ether oxygens (including phenoxy) is 1. The number of benzene rings is 4. The van der Waals surface area contributed by atoms with E-state index < -0.39 is 0 Å². The molecule has 0 aliphatic carbocycles. The highest BCUT2D eigenvalue weighted by Crippen LogP contribution is 2.38. The number of fused-ring (bicyclic) bond motifs is 3. The highest BCUT2D eigenvalue weighted by molar-refractivity contribution is 6.13. The van der Waals surface area contributed by atoms with E-state index in [-0.39, 0.29) is 28.9 Å². The smallest absolute Gasteiger partial charge is 0.320 e. The molecule has 32 heavy (non-hydrogen) atoms. The number of nitrogens with zero attached hydrogens (tertiary/aromatic N) is 3. The summed E-state index contributed by atoms with van der Waals surface area (Å²) >= 11 is 0. The zero-order chi connectivity index (χ0) is 22.1. The third-order valence-electron chi connectivity index (χ3n) is 5.30. The Balaban J connectivity index is 1.80. The van der Waals surface area contributed by atoms with Crippen molar-refractivity contribution in [2.75, 3.05) is 6.61 Å². The molecule has 6 nitrogen and oxygen atoms in total. The standard InChI is InChI=1S/C26H21N3O3/c1-2-14-32-26-28-24(27-25(29-26)23-21(30)12-7-13-22(23)31)20-15-16-8-3-4-9-17(16)18-10-5-6-11-19(18)20/h3-13,15,30-31H,2,14H2,1H3. The first-order valence-corrected chi connectivity index (χ1v) is 10.5. The molecule has 5 rings (SSSR count). The minimum atomic E-state index is -0.119. The van der Waals surface area contributed by atoms with E-state index in [0.29, 0.717) is 12.4 Å². The van der Waals surface area contributed by atoms with E-state index in [4.69, 9.17) is 4.74 Å². The molecule has 1 aromatic heterocycles. The number of phenols is 2. The Morgan fingerprint density at radius 1 is 0.719 bits per heavy atom. The predicted molar refractivity (Wildman–Crippen MR) is 125 cm³/mol. The average molecular weight is 423 g/mol. The van der Waals surface area contributed by atoms with Crippen molar-refractivity contribution in [2.45, 2.75) is 13.3 Å². The summed E-state index contributed by atoms with van der Waals surface area (Å²) in [5.74, 6) is 0.318. The van der Waals surface area contributed by atoms with E-state index in [1.54, 1.807) is 6.07 Å². The summed E-state index contributed by atoms with van der Waals surface area (Å²) < 4.78 is 5.73. The number of rotatable bonds is 5. The molecule has 158 valence electrons. The maximum absolute atomic E-state index is 10.4. The van der Waals surface area contributed by atoms with Gasteiger partial charge in [-0.15, -0.1) is 0 Å². The molecule has 4 aromatic carbocycles. The van der Waals surface area contributed by atoms with Crippen molar-refractivity contribution in [2.24, 2.45) is 0 Å². The van der Waals surface area contributed by atoms with E-state index in [9.17, 15) is 10.2 Å².